The first-order valence-electron chi connectivity index (χ1n) is 3.60. The number of rotatable bonds is 4. The van der Waals surface area contributed by atoms with Gasteiger partial charge >= 0.3 is 0 Å². The first-order valence-corrected chi connectivity index (χ1v) is 3.60. The van der Waals surface area contributed by atoms with Gasteiger partial charge in [0, 0.05) is 25.0 Å². The van der Waals surface area contributed by atoms with Crippen molar-refractivity contribution in [3.8, 4) is 0 Å². The summed E-state index contributed by atoms with van der Waals surface area (Å²) in [6, 6.07) is 1.97. The summed E-state index contributed by atoms with van der Waals surface area (Å²) < 4.78 is 0. The highest BCUT2D eigenvalue weighted by atomic mass is 15.1. The summed E-state index contributed by atoms with van der Waals surface area (Å²) in [7, 11) is 2.04. The van der Waals surface area contributed by atoms with E-state index in [1.807, 2.05) is 19.2 Å². The second-order valence-corrected chi connectivity index (χ2v) is 2.57. The Labute approximate surface area is 66.7 Å². The third-order valence-electron chi connectivity index (χ3n) is 1.44. The van der Waals surface area contributed by atoms with Crippen LogP contribution < -0.4 is 0 Å². The van der Waals surface area contributed by atoms with Crippen LogP contribution in [0.5, 0.6) is 0 Å². The summed E-state index contributed by atoms with van der Waals surface area (Å²) >= 11 is 0. The lowest BCUT2D eigenvalue weighted by atomic mass is 10.4. The Bertz CT molecular complexity index is 203. The van der Waals surface area contributed by atoms with Gasteiger partial charge in [-0.05, 0) is 13.1 Å². The van der Waals surface area contributed by atoms with Gasteiger partial charge in [-0.25, -0.2) is 0 Å². The van der Waals surface area contributed by atoms with Crippen molar-refractivity contribution in [3.63, 3.8) is 0 Å². The molecule has 0 bridgehead atoms. The Morgan fingerprint density at radius 2 is 2.64 bits per heavy atom. The van der Waals surface area contributed by atoms with Crippen LogP contribution in [-0.4, -0.2) is 28.7 Å². The molecule has 1 aromatic heterocycles. The fraction of sp³-hybridized carbons (Fsp3) is 0.375. The molecule has 1 heterocycles. The van der Waals surface area contributed by atoms with E-state index in [0.29, 0.717) is 0 Å². The topological polar surface area (TPSA) is 31.9 Å². The van der Waals surface area contributed by atoms with Crippen LogP contribution in [0.2, 0.25) is 0 Å². The molecule has 60 valence electrons. The molecular weight excluding hydrogens is 138 g/mol. The van der Waals surface area contributed by atoms with Crippen LogP contribution >= 0.6 is 0 Å². The molecule has 0 aromatic carbocycles. The number of hydrogen-bond acceptors (Lipinski definition) is 2. The van der Waals surface area contributed by atoms with Crippen molar-refractivity contribution in [2.45, 2.75) is 6.54 Å². The maximum atomic E-state index is 3.86. The van der Waals surface area contributed by atoms with E-state index < -0.39 is 0 Å². The standard InChI is InChI=1S/C8H13N3/c1-3-6-11(2)7-8-4-5-9-10-8/h3-5H,1,6-7H2,2H3,(H,9,10). The van der Waals surface area contributed by atoms with Gasteiger partial charge in [0.05, 0.1) is 0 Å². The van der Waals surface area contributed by atoms with Gasteiger partial charge in [-0.15, -0.1) is 6.58 Å². The van der Waals surface area contributed by atoms with E-state index in [1.165, 1.54) is 0 Å². The summed E-state index contributed by atoms with van der Waals surface area (Å²) in [6.45, 7) is 5.46. The SMILES string of the molecule is C=CCN(C)Cc1ccn[nH]1. The van der Waals surface area contributed by atoms with Crippen LogP contribution in [0.15, 0.2) is 24.9 Å². The molecule has 0 aliphatic carbocycles. The molecule has 0 radical (unpaired) electrons. The van der Waals surface area contributed by atoms with Gasteiger partial charge in [0.15, 0.2) is 0 Å². The van der Waals surface area contributed by atoms with Crippen LogP contribution in [0.1, 0.15) is 5.69 Å². The van der Waals surface area contributed by atoms with Gasteiger partial charge < -0.3 is 0 Å². The minimum absolute atomic E-state index is 0.895. The van der Waals surface area contributed by atoms with Crippen molar-refractivity contribution in [1.82, 2.24) is 15.1 Å². The molecule has 1 N–H and O–H groups in total. The number of nitrogens with one attached hydrogen (secondary N) is 1. The minimum Gasteiger partial charge on any atom is -0.297 e. The highest BCUT2D eigenvalue weighted by molar-refractivity contribution is 4.97. The summed E-state index contributed by atoms with van der Waals surface area (Å²) in [4.78, 5) is 2.15. The maximum absolute atomic E-state index is 3.86. The zero-order valence-corrected chi connectivity index (χ0v) is 6.75. The highest BCUT2D eigenvalue weighted by Crippen LogP contribution is 1.96. The molecule has 11 heavy (non-hydrogen) atoms. The fourth-order valence-electron chi connectivity index (χ4n) is 0.948. The molecule has 0 amide bonds. The number of H-pyrrole nitrogens is 1. The van der Waals surface area contributed by atoms with Gasteiger partial charge in [-0.2, -0.15) is 5.10 Å². The predicted octanol–water partition coefficient (Wildman–Crippen LogP) is 1.03. The molecule has 0 aliphatic heterocycles. The molecule has 0 unspecified atom stereocenters. The van der Waals surface area contributed by atoms with E-state index in [-0.39, 0.29) is 0 Å². The molecule has 0 atom stereocenters. The summed E-state index contributed by atoms with van der Waals surface area (Å²) in [5.41, 5.74) is 1.13. The van der Waals surface area contributed by atoms with E-state index in [4.69, 9.17) is 0 Å². The van der Waals surface area contributed by atoms with Gasteiger partial charge in [0.2, 0.25) is 0 Å². The number of nitrogens with zero attached hydrogens (tertiary/aromatic N) is 2. The zero-order valence-electron chi connectivity index (χ0n) is 6.75. The van der Waals surface area contributed by atoms with Gasteiger partial charge in [0.25, 0.3) is 0 Å². The van der Waals surface area contributed by atoms with Crippen LogP contribution in [0.3, 0.4) is 0 Å². The Hall–Kier alpha value is -1.09. The second kappa shape index (κ2) is 3.93. The molecule has 0 spiro atoms. The van der Waals surface area contributed by atoms with Crippen LogP contribution in [0.4, 0.5) is 0 Å². The lowest BCUT2D eigenvalue weighted by molar-refractivity contribution is 0.358. The molecule has 1 rings (SSSR count). The molecule has 3 heteroatoms. The number of likely N-dealkylation sites (N-methyl/N-ethyl adjacent to an activating group) is 1. The Morgan fingerprint density at radius 1 is 1.82 bits per heavy atom. The summed E-state index contributed by atoms with van der Waals surface area (Å²) in [5.74, 6) is 0. The van der Waals surface area contributed by atoms with E-state index in [9.17, 15) is 0 Å². The third-order valence-corrected chi connectivity index (χ3v) is 1.44. The van der Waals surface area contributed by atoms with E-state index in [0.717, 1.165) is 18.8 Å². The number of aromatic amines is 1. The molecule has 0 saturated heterocycles. The maximum Gasteiger partial charge on any atom is 0.0492 e. The molecule has 0 saturated carbocycles. The van der Waals surface area contributed by atoms with Crippen molar-refractivity contribution in [3.05, 3.63) is 30.6 Å². The van der Waals surface area contributed by atoms with Gasteiger partial charge in [-0.1, -0.05) is 6.08 Å². The van der Waals surface area contributed by atoms with E-state index >= 15 is 0 Å². The lowest BCUT2D eigenvalue weighted by Gasteiger charge is -2.11. The average molecular weight is 151 g/mol. The fourth-order valence-corrected chi connectivity index (χ4v) is 0.948. The number of aromatic nitrogens is 2. The molecule has 3 nitrogen and oxygen atoms in total. The summed E-state index contributed by atoms with van der Waals surface area (Å²) in [6.07, 6.45) is 3.65. The number of hydrogen-bond donors (Lipinski definition) is 1. The minimum atomic E-state index is 0.895. The van der Waals surface area contributed by atoms with Crippen LogP contribution in [-0.2, 0) is 6.54 Å². The van der Waals surface area contributed by atoms with Gasteiger partial charge in [-0.3, -0.25) is 10.00 Å². The normalized spacial score (nSPS) is 10.4. The quantitative estimate of drug-likeness (QED) is 0.652. The Balaban J connectivity index is 2.37. The molecular formula is C8H13N3. The van der Waals surface area contributed by atoms with Crippen molar-refractivity contribution >= 4 is 0 Å². The van der Waals surface area contributed by atoms with Crippen LogP contribution in [0.25, 0.3) is 0 Å². The first kappa shape index (κ1) is 8.01. The van der Waals surface area contributed by atoms with Gasteiger partial charge in [0.1, 0.15) is 0 Å². The monoisotopic (exact) mass is 151 g/mol. The van der Waals surface area contributed by atoms with Crippen molar-refractivity contribution < 1.29 is 0 Å². The van der Waals surface area contributed by atoms with Crippen molar-refractivity contribution in [2.24, 2.45) is 0 Å². The largest absolute Gasteiger partial charge is 0.297 e. The first-order chi connectivity index (χ1) is 5.33. The smallest absolute Gasteiger partial charge is 0.0492 e. The predicted molar refractivity (Wildman–Crippen MR) is 45.1 cm³/mol. The molecule has 0 aliphatic rings. The third kappa shape index (κ3) is 2.55. The van der Waals surface area contributed by atoms with Crippen molar-refractivity contribution in [2.75, 3.05) is 13.6 Å². The average Bonchev–Trinajstić information content (AvgIpc) is 2.40. The van der Waals surface area contributed by atoms with E-state index in [2.05, 4.69) is 21.7 Å². The van der Waals surface area contributed by atoms with Crippen molar-refractivity contribution in [1.29, 1.82) is 0 Å². The lowest BCUT2D eigenvalue weighted by Crippen LogP contribution is -2.17. The zero-order chi connectivity index (χ0) is 8.10. The Morgan fingerprint density at radius 3 is 3.18 bits per heavy atom. The molecule has 1 aromatic rings. The molecule has 0 fully saturated rings. The summed E-state index contributed by atoms with van der Waals surface area (Å²) in [5, 5.41) is 6.76. The van der Waals surface area contributed by atoms with Crippen LogP contribution in [0, 0.1) is 0 Å². The highest BCUT2D eigenvalue weighted by Gasteiger charge is 1.97. The Kier molecular flexibility index (Phi) is 2.86. The second-order valence-electron chi connectivity index (χ2n) is 2.57. The van der Waals surface area contributed by atoms with E-state index in [1.54, 1.807) is 6.20 Å².